The van der Waals surface area contributed by atoms with Crippen LogP contribution in [0, 0.1) is 38.5 Å². The normalized spacial score (nSPS) is 17.3. The van der Waals surface area contributed by atoms with Gasteiger partial charge in [0.1, 0.15) is 17.1 Å². The van der Waals surface area contributed by atoms with Crippen molar-refractivity contribution < 1.29 is 19.7 Å². The fraction of sp³-hybridized carbons (Fsp3) is 0.829. The van der Waals surface area contributed by atoms with Gasteiger partial charge in [-0.3, -0.25) is 4.79 Å². The molecule has 0 spiro atoms. The molecule has 4 nitrogen and oxygen atoms in total. The predicted molar refractivity (Wildman–Crippen MR) is 194 cm³/mol. The molecule has 1 aliphatic rings. The second-order valence-corrected chi connectivity index (χ2v) is 15.4. The van der Waals surface area contributed by atoms with Crippen molar-refractivity contribution >= 4 is 5.97 Å². The Bertz CT molecular complexity index is 952. The summed E-state index contributed by atoms with van der Waals surface area (Å²) >= 11 is 0. The third-order valence-electron chi connectivity index (χ3n) is 10.4. The van der Waals surface area contributed by atoms with E-state index in [0.717, 1.165) is 72.3 Å². The molecule has 0 radical (unpaired) electrons. The highest BCUT2D eigenvalue weighted by molar-refractivity contribution is 5.66. The highest BCUT2D eigenvalue weighted by Crippen LogP contribution is 2.44. The van der Waals surface area contributed by atoms with Crippen molar-refractivity contribution in [3.8, 4) is 11.5 Å². The number of aliphatic carboxylic acids is 1. The summed E-state index contributed by atoms with van der Waals surface area (Å²) in [4.78, 5) is 10.2. The molecule has 2 unspecified atom stereocenters. The lowest BCUT2D eigenvalue weighted by Crippen LogP contribution is -2.37. The molecule has 262 valence electrons. The van der Waals surface area contributed by atoms with Gasteiger partial charge in [0.25, 0.3) is 0 Å². The molecule has 1 aliphatic heterocycles. The van der Waals surface area contributed by atoms with Crippen LogP contribution in [-0.2, 0) is 11.2 Å². The summed E-state index contributed by atoms with van der Waals surface area (Å²) in [5.41, 5.74) is 4.23. The summed E-state index contributed by atoms with van der Waals surface area (Å²) in [5, 5.41) is 18.8. The first-order valence-electron chi connectivity index (χ1n) is 19.0. The number of unbranched alkanes of at least 4 members (excludes halogenated alkanes) is 8. The van der Waals surface area contributed by atoms with Crippen LogP contribution in [0.4, 0.5) is 0 Å². The van der Waals surface area contributed by atoms with Crippen LogP contribution in [0.15, 0.2) is 0 Å². The standard InChI is InChI=1S/C29H50O2.C12H24O2/c1-20(2)12-9-13-21(3)14-10-15-22(4)16-11-18-29(8)19-17-26-25(7)27(30)23(5)24(6)28(26)31-29;1-2-3-4-5-6-7-8-9-10-11-12(13)14/h20-22,30H,9-19H2,1-8H3;2-11H2,1H3,(H,13,14)/t21?,22?,29-;/m1./s1. The second kappa shape index (κ2) is 22.8. The number of aromatic hydroxyl groups is 1. The fourth-order valence-electron chi connectivity index (χ4n) is 6.86. The molecule has 2 N–H and O–H groups in total. The number of phenolic OH excluding ortho intramolecular Hbond substituents is 1. The summed E-state index contributed by atoms with van der Waals surface area (Å²) in [7, 11) is 0. The average molecular weight is 631 g/mol. The van der Waals surface area contributed by atoms with Gasteiger partial charge >= 0.3 is 5.97 Å². The van der Waals surface area contributed by atoms with E-state index in [0.29, 0.717) is 12.2 Å². The lowest BCUT2D eigenvalue weighted by atomic mass is 9.84. The Kier molecular flexibility index (Phi) is 20.9. The number of carbonyl (C=O) groups is 1. The molecule has 0 aliphatic carbocycles. The summed E-state index contributed by atoms with van der Waals surface area (Å²) in [5.74, 6) is 3.38. The molecule has 2 rings (SSSR count). The fourth-order valence-corrected chi connectivity index (χ4v) is 6.86. The maximum Gasteiger partial charge on any atom is 0.303 e. The summed E-state index contributed by atoms with van der Waals surface area (Å²) in [6.07, 6.45) is 25.5. The Hall–Kier alpha value is -1.71. The van der Waals surface area contributed by atoms with Crippen molar-refractivity contribution in [3.05, 3.63) is 22.3 Å². The van der Waals surface area contributed by atoms with E-state index in [1.807, 2.05) is 13.8 Å². The number of hydrogen-bond donors (Lipinski definition) is 2. The van der Waals surface area contributed by atoms with E-state index in [-0.39, 0.29) is 5.60 Å². The topological polar surface area (TPSA) is 66.8 Å². The minimum atomic E-state index is -0.659. The molecule has 4 heteroatoms. The molecule has 0 amide bonds. The lowest BCUT2D eigenvalue weighted by molar-refractivity contribution is -0.137. The van der Waals surface area contributed by atoms with Gasteiger partial charge in [-0.1, -0.05) is 131 Å². The van der Waals surface area contributed by atoms with Gasteiger partial charge in [0.2, 0.25) is 0 Å². The minimum Gasteiger partial charge on any atom is -0.507 e. The largest absolute Gasteiger partial charge is 0.507 e. The van der Waals surface area contributed by atoms with E-state index in [1.165, 1.54) is 102 Å². The highest BCUT2D eigenvalue weighted by atomic mass is 16.5. The average Bonchev–Trinajstić information content (AvgIpc) is 2.98. The number of phenols is 1. The number of benzene rings is 1. The van der Waals surface area contributed by atoms with E-state index >= 15 is 0 Å². The zero-order chi connectivity index (χ0) is 33.8. The van der Waals surface area contributed by atoms with Crippen LogP contribution in [0.25, 0.3) is 0 Å². The number of fused-ring (bicyclic) bond motifs is 1. The summed E-state index contributed by atoms with van der Waals surface area (Å²) in [6.45, 7) is 20.2. The highest BCUT2D eigenvalue weighted by Gasteiger charge is 2.34. The third-order valence-corrected chi connectivity index (χ3v) is 10.4. The van der Waals surface area contributed by atoms with Crippen LogP contribution < -0.4 is 4.74 Å². The predicted octanol–water partition coefficient (Wildman–Crippen LogP) is 12.8. The van der Waals surface area contributed by atoms with Gasteiger partial charge in [0.15, 0.2) is 0 Å². The van der Waals surface area contributed by atoms with Crippen LogP contribution in [0.2, 0.25) is 0 Å². The van der Waals surface area contributed by atoms with Gasteiger partial charge in [0.05, 0.1) is 0 Å². The van der Waals surface area contributed by atoms with E-state index in [9.17, 15) is 9.90 Å². The van der Waals surface area contributed by atoms with Gasteiger partial charge in [-0.25, -0.2) is 0 Å². The number of ether oxygens (including phenoxy) is 1. The quantitative estimate of drug-likeness (QED) is 0.125. The smallest absolute Gasteiger partial charge is 0.303 e. The first kappa shape index (κ1) is 41.3. The maximum absolute atomic E-state index is 10.4. The molecule has 0 aromatic heterocycles. The third kappa shape index (κ3) is 17.1. The maximum atomic E-state index is 10.4. The molecule has 1 heterocycles. The summed E-state index contributed by atoms with van der Waals surface area (Å²) in [6, 6.07) is 0. The number of hydrogen-bond acceptors (Lipinski definition) is 3. The van der Waals surface area contributed by atoms with Gasteiger partial charge in [-0.15, -0.1) is 0 Å². The van der Waals surface area contributed by atoms with Crippen molar-refractivity contribution in [3.63, 3.8) is 0 Å². The van der Waals surface area contributed by atoms with E-state index in [4.69, 9.17) is 9.84 Å². The van der Waals surface area contributed by atoms with Crippen molar-refractivity contribution in [1.82, 2.24) is 0 Å². The van der Waals surface area contributed by atoms with E-state index < -0.39 is 5.97 Å². The Morgan fingerprint density at radius 2 is 1.24 bits per heavy atom. The van der Waals surface area contributed by atoms with Crippen LogP contribution in [0.1, 0.15) is 192 Å². The van der Waals surface area contributed by atoms with Gasteiger partial charge in [0, 0.05) is 12.0 Å². The number of carboxylic acids is 1. The zero-order valence-electron chi connectivity index (χ0n) is 31.3. The first-order chi connectivity index (χ1) is 21.3. The molecular weight excluding hydrogens is 556 g/mol. The van der Waals surface area contributed by atoms with Crippen LogP contribution in [0.5, 0.6) is 11.5 Å². The number of carboxylic acid groups (broad SMARTS) is 1. The molecule has 3 atom stereocenters. The second-order valence-electron chi connectivity index (χ2n) is 15.4. The zero-order valence-corrected chi connectivity index (χ0v) is 31.3. The molecule has 45 heavy (non-hydrogen) atoms. The molecular formula is C41H74O4. The van der Waals surface area contributed by atoms with Crippen molar-refractivity contribution in [2.75, 3.05) is 0 Å². The minimum absolute atomic E-state index is 0.0712. The van der Waals surface area contributed by atoms with Crippen LogP contribution >= 0.6 is 0 Å². The Morgan fingerprint density at radius 1 is 0.733 bits per heavy atom. The Balaban J connectivity index is 0.000000609. The molecule has 0 saturated heterocycles. The lowest BCUT2D eigenvalue weighted by Gasteiger charge is -2.38. The van der Waals surface area contributed by atoms with Crippen LogP contribution in [0.3, 0.4) is 0 Å². The first-order valence-corrected chi connectivity index (χ1v) is 19.0. The van der Waals surface area contributed by atoms with Crippen LogP contribution in [-0.4, -0.2) is 21.8 Å². The SMILES string of the molecule is CCCCCCCCCCCC(=O)O.Cc1c(C)c2c(c(C)c1O)CC[C@@](C)(CCCC(C)CCCC(C)CCCC(C)C)O2. The van der Waals surface area contributed by atoms with E-state index in [1.54, 1.807) is 0 Å². The van der Waals surface area contributed by atoms with Crippen molar-refractivity contribution in [2.24, 2.45) is 17.8 Å². The van der Waals surface area contributed by atoms with Gasteiger partial charge in [-0.2, -0.15) is 0 Å². The summed E-state index contributed by atoms with van der Waals surface area (Å²) < 4.78 is 6.60. The van der Waals surface area contributed by atoms with Crippen molar-refractivity contribution in [1.29, 1.82) is 0 Å². The number of rotatable bonds is 22. The molecule has 0 saturated carbocycles. The van der Waals surface area contributed by atoms with Crippen molar-refractivity contribution in [2.45, 2.75) is 203 Å². The Labute approximate surface area is 279 Å². The monoisotopic (exact) mass is 631 g/mol. The molecule has 1 aromatic carbocycles. The van der Waals surface area contributed by atoms with E-state index in [2.05, 4.69) is 48.5 Å². The van der Waals surface area contributed by atoms with Gasteiger partial charge in [-0.05, 0) is 94.2 Å². The Morgan fingerprint density at radius 3 is 1.78 bits per heavy atom. The molecule has 1 aromatic rings. The molecule has 0 fully saturated rings. The van der Waals surface area contributed by atoms with Gasteiger partial charge < -0.3 is 14.9 Å². The molecule has 0 bridgehead atoms.